The number of hydrogen-bond donors (Lipinski definition) is 0. The second-order valence-corrected chi connectivity index (χ2v) is 5.20. The zero-order valence-electron chi connectivity index (χ0n) is 10.4. The van der Waals surface area contributed by atoms with Crippen molar-refractivity contribution in [2.24, 2.45) is 0 Å². The van der Waals surface area contributed by atoms with Crippen LogP contribution in [0.2, 0.25) is 0 Å². The predicted molar refractivity (Wildman–Crippen MR) is 68.1 cm³/mol. The van der Waals surface area contributed by atoms with E-state index in [2.05, 4.69) is 19.9 Å². The van der Waals surface area contributed by atoms with Gasteiger partial charge in [-0.2, -0.15) is 0 Å². The minimum absolute atomic E-state index is 0.0193. The third-order valence-electron chi connectivity index (χ3n) is 3.32. The molecule has 3 rings (SSSR count). The van der Waals surface area contributed by atoms with Gasteiger partial charge in [-0.15, -0.1) is 0 Å². The van der Waals surface area contributed by atoms with Crippen LogP contribution in [0.15, 0.2) is 34.7 Å². The number of carbonyl (C=O) groups excluding carboxylic acids is 1. The zero-order chi connectivity index (χ0) is 12.8. The van der Waals surface area contributed by atoms with Gasteiger partial charge in [-0.05, 0) is 30.3 Å². The van der Waals surface area contributed by atoms with Gasteiger partial charge in [0.25, 0.3) is 0 Å². The van der Waals surface area contributed by atoms with Crippen LogP contribution in [-0.2, 0) is 5.41 Å². The average Bonchev–Trinajstić information content (AvgIpc) is 2.95. The summed E-state index contributed by atoms with van der Waals surface area (Å²) in [5.41, 5.74) is 2.18. The van der Waals surface area contributed by atoms with E-state index >= 15 is 0 Å². The van der Waals surface area contributed by atoms with Gasteiger partial charge in [-0.1, -0.05) is 13.8 Å². The maximum atomic E-state index is 10.6. The van der Waals surface area contributed by atoms with E-state index in [1.54, 1.807) is 6.07 Å². The lowest BCUT2D eigenvalue weighted by atomic mass is 9.86. The molecule has 18 heavy (non-hydrogen) atoms. The first-order valence-corrected chi connectivity index (χ1v) is 5.93. The Morgan fingerprint density at radius 3 is 2.78 bits per heavy atom. The minimum atomic E-state index is 0.0193. The summed E-state index contributed by atoms with van der Waals surface area (Å²) in [6.45, 7) is 5.01. The molecule has 1 aromatic carbocycles. The van der Waals surface area contributed by atoms with Crippen LogP contribution in [-0.4, -0.2) is 12.9 Å². The highest BCUT2D eigenvalue weighted by Gasteiger charge is 2.32. The molecule has 0 unspecified atom stereocenters. The number of aldehydes is 1. The van der Waals surface area contributed by atoms with E-state index in [-0.39, 0.29) is 5.41 Å². The molecule has 0 aliphatic carbocycles. The summed E-state index contributed by atoms with van der Waals surface area (Å²) in [5, 5.41) is 0. The SMILES string of the molecule is CC1(C)COc2ccc(-c3ccc(C=O)o3)cc21. The van der Waals surface area contributed by atoms with Crippen LogP contribution in [0.1, 0.15) is 30.0 Å². The van der Waals surface area contributed by atoms with E-state index < -0.39 is 0 Å². The zero-order valence-corrected chi connectivity index (χ0v) is 10.4. The second kappa shape index (κ2) is 3.73. The van der Waals surface area contributed by atoms with Crippen LogP contribution in [0.3, 0.4) is 0 Å². The lowest BCUT2D eigenvalue weighted by molar-refractivity contribution is 0.110. The highest BCUT2D eigenvalue weighted by Crippen LogP contribution is 2.40. The number of benzene rings is 1. The molecular formula is C15H14O3. The number of ether oxygens (including phenoxy) is 1. The monoisotopic (exact) mass is 242 g/mol. The highest BCUT2D eigenvalue weighted by molar-refractivity contribution is 5.73. The largest absolute Gasteiger partial charge is 0.492 e. The molecule has 0 fully saturated rings. The Morgan fingerprint density at radius 1 is 1.22 bits per heavy atom. The van der Waals surface area contributed by atoms with E-state index in [4.69, 9.17) is 9.15 Å². The summed E-state index contributed by atoms with van der Waals surface area (Å²) in [4.78, 5) is 10.6. The number of hydrogen-bond acceptors (Lipinski definition) is 3. The van der Waals surface area contributed by atoms with Gasteiger partial charge in [0.15, 0.2) is 12.0 Å². The Hall–Kier alpha value is -2.03. The highest BCUT2D eigenvalue weighted by atomic mass is 16.5. The quantitative estimate of drug-likeness (QED) is 0.757. The molecule has 2 heterocycles. The second-order valence-electron chi connectivity index (χ2n) is 5.20. The van der Waals surface area contributed by atoms with Crippen molar-refractivity contribution in [1.82, 2.24) is 0 Å². The molecule has 1 aliphatic rings. The molecule has 2 aromatic rings. The van der Waals surface area contributed by atoms with Gasteiger partial charge < -0.3 is 9.15 Å². The Labute approximate surface area is 105 Å². The first kappa shape index (κ1) is 11.1. The Balaban J connectivity index is 2.07. The molecule has 1 aromatic heterocycles. The smallest absolute Gasteiger partial charge is 0.185 e. The van der Waals surface area contributed by atoms with Crippen molar-refractivity contribution in [3.8, 4) is 17.1 Å². The fraction of sp³-hybridized carbons (Fsp3) is 0.267. The van der Waals surface area contributed by atoms with Crippen LogP contribution in [0.5, 0.6) is 5.75 Å². The maximum Gasteiger partial charge on any atom is 0.185 e. The molecule has 1 aliphatic heterocycles. The molecule has 3 heteroatoms. The summed E-state index contributed by atoms with van der Waals surface area (Å²) < 4.78 is 11.1. The topological polar surface area (TPSA) is 39.4 Å². The molecule has 92 valence electrons. The van der Waals surface area contributed by atoms with Crippen molar-refractivity contribution in [2.45, 2.75) is 19.3 Å². The lowest BCUT2D eigenvalue weighted by Gasteiger charge is -2.15. The van der Waals surface area contributed by atoms with Crippen molar-refractivity contribution < 1.29 is 13.9 Å². The van der Waals surface area contributed by atoms with E-state index in [1.807, 2.05) is 18.2 Å². The molecule has 0 amide bonds. The fourth-order valence-corrected chi connectivity index (χ4v) is 2.25. The summed E-state index contributed by atoms with van der Waals surface area (Å²) in [7, 11) is 0. The number of rotatable bonds is 2. The number of fused-ring (bicyclic) bond motifs is 1. The Morgan fingerprint density at radius 2 is 2.06 bits per heavy atom. The van der Waals surface area contributed by atoms with E-state index in [0.717, 1.165) is 11.3 Å². The minimum Gasteiger partial charge on any atom is -0.492 e. The predicted octanol–water partition coefficient (Wildman–Crippen LogP) is 3.43. The lowest BCUT2D eigenvalue weighted by Crippen LogP contribution is -2.18. The molecule has 0 N–H and O–H groups in total. The van der Waals surface area contributed by atoms with Gasteiger partial charge in [0, 0.05) is 16.5 Å². The standard InChI is InChI=1S/C15H14O3/c1-15(2)9-17-14-5-3-10(7-12(14)15)13-6-4-11(8-16)18-13/h3-8H,9H2,1-2H3. The van der Waals surface area contributed by atoms with Crippen molar-refractivity contribution in [1.29, 1.82) is 0 Å². The average molecular weight is 242 g/mol. The number of furan rings is 1. The van der Waals surface area contributed by atoms with Crippen LogP contribution < -0.4 is 4.74 Å². The summed E-state index contributed by atoms with van der Waals surface area (Å²) in [6.07, 6.45) is 0.712. The molecule has 0 saturated heterocycles. The van der Waals surface area contributed by atoms with Crippen LogP contribution in [0, 0.1) is 0 Å². The van der Waals surface area contributed by atoms with Crippen molar-refractivity contribution in [2.75, 3.05) is 6.61 Å². The fourth-order valence-electron chi connectivity index (χ4n) is 2.25. The maximum absolute atomic E-state index is 10.6. The first-order valence-electron chi connectivity index (χ1n) is 5.93. The van der Waals surface area contributed by atoms with E-state index in [1.165, 1.54) is 5.56 Å². The van der Waals surface area contributed by atoms with Crippen molar-refractivity contribution in [3.05, 3.63) is 41.7 Å². The van der Waals surface area contributed by atoms with Crippen LogP contribution in [0.4, 0.5) is 0 Å². The normalized spacial score (nSPS) is 16.1. The molecular weight excluding hydrogens is 228 g/mol. The third kappa shape index (κ3) is 1.63. The van der Waals surface area contributed by atoms with Gasteiger partial charge in [0.05, 0.1) is 6.61 Å². The van der Waals surface area contributed by atoms with Crippen LogP contribution in [0.25, 0.3) is 11.3 Å². The van der Waals surface area contributed by atoms with Gasteiger partial charge in [-0.3, -0.25) is 4.79 Å². The molecule has 0 spiro atoms. The van der Waals surface area contributed by atoms with Gasteiger partial charge in [0.1, 0.15) is 11.5 Å². The van der Waals surface area contributed by atoms with Gasteiger partial charge in [-0.25, -0.2) is 0 Å². The summed E-state index contributed by atoms with van der Waals surface area (Å²) in [6, 6.07) is 9.48. The molecule has 0 bridgehead atoms. The summed E-state index contributed by atoms with van der Waals surface area (Å²) in [5.74, 6) is 1.99. The summed E-state index contributed by atoms with van der Waals surface area (Å²) >= 11 is 0. The van der Waals surface area contributed by atoms with Gasteiger partial charge >= 0.3 is 0 Å². The van der Waals surface area contributed by atoms with Crippen LogP contribution >= 0.6 is 0 Å². The van der Waals surface area contributed by atoms with Crippen molar-refractivity contribution >= 4 is 6.29 Å². The van der Waals surface area contributed by atoms with Crippen molar-refractivity contribution in [3.63, 3.8) is 0 Å². The Kier molecular flexibility index (Phi) is 2.30. The Bertz CT molecular complexity index is 608. The van der Waals surface area contributed by atoms with E-state index in [9.17, 15) is 4.79 Å². The van der Waals surface area contributed by atoms with Gasteiger partial charge in [0.2, 0.25) is 0 Å². The van der Waals surface area contributed by atoms with E-state index in [0.29, 0.717) is 24.4 Å². The molecule has 0 radical (unpaired) electrons. The third-order valence-corrected chi connectivity index (χ3v) is 3.32. The number of carbonyl (C=O) groups is 1. The molecule has 3 nitrogen and oxygen atoms in total. The first-order chi connectivity index (χ1) is 8.60. The molecule has 0 atom stereocenters. The molecule has 0 saturated carbocycles.